The molecule has 0 aromatic heterocycles. The van der Waals surface area contributed by atoms with Gasteiger partial charge in [0.15, 0.2) is 0 Å². The van der Waals surface area contributed by atoms with E-state index < -0.39 is 47.3 Å². The van der Waals surface area contributed by atoms with E-state index in [-0.39, 0.29) is 58.1 Å². The van der Waals surface area contributed by atoms with Gasteiger partial charge in [-0.2, -0.15) is 0 Å². The molecular weight excluding hydrogens is 1180 g/mol. The maximum atomic E-state index is 15.1. The Morgan fingerprint density at radius 1 is 0.298 bits per heavy atom. The molecule has 0 N–H and O–H groups in total. The van der Waals surface area contributed by atoms with Crippen LogP contribution in [0.25, 0.3) is 65.3 Å². The second-order valence-electron chi connectivity index (χ2n) is 24.2. The highest BCUT2D eigenvalue weighted by atomic mass is 19.1. The first-order valence-corrected chi connectivity index (χ1v) is 31.5. The monoisotopic (exact) mass is 1240 g/mol. The minimum atomic E-state index is -0.553. The standard InChI is InChI=1S/C80H54F2N4O8/c1-3-5-7-9-39-83-73(87)61-37-35-59-68-52(16-12-46-14-34-58-64(42-46)80(94)86(78(58)92)56-31-23-50(24-32-56)48-19-27-54(82)28-20-48)44-66-70-62(74(88)84(76(66)90)40-10-8-6-4-2)38-36-60(72(68)70)67-51(43-65(75(83)89)69(61)71(59)67)15-11-45-13-33-57-63(41-45)79(93)85(77(57)91)55-29-21-49(22-30-55)47-17-25-53(81)26-18-47/h13-14,17-38,41-44H,3-10,39-40H2,1-2H3. The van der Waals surface area contributed by atoms with Crippen molar-refractivity contribution in [2.45, 2.75) is 65.2 Å². The SMILES string of the molecule is CCCCCCN1C(=O)c2ccc3c4c(C#Cc5ccc6c(c5)C(=O)N(c5ccc(-c7ccc(F)cc7)cc5)C6=O)cc5c6c(ccc(c7c(C#Cc8ccc9c(c8)C(=O)N(c8ccc(-c%10ccc(F)cc%10)cc8)C9=O)cc(c2c37)C1=O)c64)C(=O)N(CCCCCC)C5=O. The molecule has 11 aromatic carbocycles. The number of halogens is 2. The molecule has 0 unspecified atom stereocenters. The van der Waals surface area contributed by atoms with Gasteiger partial charge in [-0.15, -0.1) is 0 Å². The van der Waals surface area contributed by atoms with E-state index in [9.17, 15) is 37.5 Å². The molecule has 14 heteroatoms. The highest BCUT2D eigenvalue weighted by Gasteiger charge is 2.41. The topological polar surface area (TPSA) is 150 Å². The van der Waals surface area contributed by atoms with Crippen LogP contribution in [0.3, 0.4) is 0 Å². The molecule has 15 rings (SSSR count). The maximum Gasteiger partial charge on any atom is 0.266 e. The molecule has 0 radical (unpaired) electrons. The number of carbonyl (C=O) groups is 8. The van der Waals surface area contributed by atoms with Crippen LogP contribution in [-0.2, 0) is 0 Å². The molecular formula is C80H54F2N4O8. The van der Waals surface area contributed by atoms with Crippen LogP contribution in [0.5, 0.6) is 0 Å². The molecule has 4 heterocycles. The van der Waals surface area contributed by atoms with Gasteiger partial charge in [0, 0.05) is 89.9 Å². The Hall–Kier alpha value is -11.7. The fourth-order valence-electron chi connectivity index (χ4n) is 13.8. The summed E-state index contributed by atoms with van der Waals surface area (Å²) in [6, 6.07) is 45.7. The molecule has 4 aliphatic rings. The van der Waals surface area contributed by atoms with Crippen LogP contribution in [0.15, 0.2) is 170 Å². The lowest BCUT2D eigenvalue weighted by Gasteiger charge is -2.31. The number of nitrogens with zero attached hydrogens (tertiary/aromatic N) is 4. The van der Waals surface area contributed by atoms with Gasteiger partial charge in [0.2, 0.25) is 0 Å². The molecule has 0 fully saturated rings. The predicted molar refractivity (Wildman–Crippen MR) is 357 cm³/mol. The van der Waals surface area contributed by atoms with Crippen molar-refractivity contribution < 1.29 is 47.1 Å². The summed E-state index contributed by atoms with van der Waals surface area (Å²) in [6.45, 7) is 4.55. The molecule has 12 nitrogen and oxygen atoms in total. The first kappa shape index (κ1) is 58.6. The number of imide groups is 4. The zero-order chi connectivity index (χ0) is 64.8. The Kier molecular flexibility index (Phi) is 14.5. The van der Waals surface area contributed by atoms with Crippen molar-refractivity contribution in [3.05, 3.63) is 248 Å². The second kappa shape index (κ2) is 23.2. The number of fused-ring (bicyclic) bond motifs is 4. The first-order chi connectivity index (χ1) is 45.7. The number of carbonyl (C=O) groups excluding carboxylic acids is 8. The van der Waals surface area contributed by atoms with Gasteiger partial charge in [0.05, 0.1) is 33.6 Å². The Balaban J connectivity index is 0.883. The Labute approximate surface area is 538 Å². The van der Waals surface area contributed by atoms with Crippen LogP contribution >= 0.6 is 0 Å². The van der Waals surface area contributed by atoms with Crippen LogP contribution in [0.1, 0.15) is 170 Å². The van der Waals surface area contributed by atoms with Gasteiger partial charge in [0.25, 0.3) is 47.3 Å². The summed E-state index contributed by atoms with van der Waals surface area (Å²) in [7, 11) is 0. The fraction of sp³-hybridized carbons (Fsp3) is 0.150. The predicted octanol–water partition coefficient (Wildman–Crippen LogP) is 16.1. The second-order valence-corrected chi connectivity index (χ2v) is 24.2. The number of hydrogen-bond donors (Lipinski definition) is 0. The lowest BCUT2D eigenvalue weighted by atomic mass is 9.79. The number of amides is 8. The van der Waals surface area contributed by atoms with Gasteiger partial charge < -0.3 is 0 Å². The van der Waals surface area contributed by atoms with Crippen molar-refractivity contribution >= 4 is 102 Å². The van der Waals surface area contributed by atoms with Crippen molar-refractivity contribution in [3.63, 3.8) is 0 Å². The van der Waals surface area contributed by atoms with Crippen molar-refractivity contribution in [2.24, 2.45) is 0 Å². The van der Waals surface area contributed by atoms with E-state index in [1.807, 2.05) is 12.1 Å². The van der Waals surface area contributed by atoms with Crippen molar-refractivity contribution in [1.82, 2.24) is 9.80 Å². The highest BCUT2D eigenvalue weighted by Crippen LogP contribution is 2.49. The van der Waals surface area contributed by atoms with E-state index in [0.717, 1.165) is 70.6 Å². The van der Waals surface area contributed by atoms with Gasteiger partial charge in [-0.3, -0.25) is 48.2 Å². The number of unbranched alkanes of at least 4 members (excludes halogenated alkanes) is 6. The smallest absolute Gasteiger partial charge is 0.266 e. The molecule has 456 valence electrons. The fourth-order valence-corrected chi connectivity index (χ4v) is 13.8. The molecule has 94 heavy (non-hydrogen) atoms. The summed E-state index contributed by atoms with van der Waals surface area (Å²) in [5.41, 5.74) is 6.99. The number of rotatable bonds is 14. The zero-order valence-corrected chi connectivity index (χ0v) is 51.0. The van der Waals surface area contributed by atoms with Crippen LogP contribution in [-0.4, -0.2) is 70.1 Å². The van der Waals surface area contributed by atoms with E-state index in [1.165, 1.54) is 34.1 Å². The summed E-state index contributed by atoms with van der Waals surface area (Å²) in [4.78, 5) is 121. The Bertz CT molecular complexity index is 4990. The third-order valence-corrected chi connectivity index (χ3v) is 18.5. The third kappa shape index (κ3) is 9.51. The molecule has 4 aliphatic heterocycles. The molecule has 0 atom stereocenters. The minimum Gasteiger partial charge on any atom is -0.274 e. The van der Waals surface area contributed by atoms with E-state index in [0.29, 0.717) is 101 Å². The van der Waals surface area contributed by atoms with Gasteiger partial charge in [-0.05, 0) is 155 Å². The van der Waals surface area contributed by atoms with E-state index in [2.05, 4.69) is 37.5 Å². The number of benzene rings is 11. The van der Waals surface area contributed by atoms with Crippen molar-refractivity contribution in [3.8, 4) is 45.9 Å². The van der Waals surface area contributed by atoms with Crippen molar-refractivity contribution in [2.75, 3.05) is 22.9 Å². The summed E-state index contributed by atoms with van der Waals surface area (Å²) < 4.78 is 27.5. The van der Waals surface area contributed by atoms with Crippen molar-refractivity contribution in [1.29, 1.82) is 0 Å². The Morgan fingerprint density at radius 2 is 0.638 bits per heavy atom. The third-order valence-electron chi connectivity index (χ3n) is 18.5. The average molecular weight is 1240 g/mol. The molecule has 0 bridgehead atoms. The average Bonchev–Trinajstić information content (AvgIpc) is 0.889. The number of anilines is 2. The lowest BCUT2D eigenvalue weighted by molar-refractivity contribution is 0.0592. The molecule has 11 aromatic rings. The first-order valence-electron chi connectivity index (χ1n) is 31.5. The quantitative estimate of drug-likeness (QED) is 0.0343. The summed E-state index contributed by atoms with van der Waals surface area (Å²) in [5.74, 6) is 8.49. The molecule has 0 aliphatic carbocycles. The lowest BCUT2D eigenvalue weighted by Crippen LogP contribution is -2.41. The molecule has 0 spiro atoms. The maximum absolute atomic E-state index is 15.1. The highest BCUT2D eigenvalue weighted by molar-refractivity contribution is 6.43. The van der Waals surface area contributed by atoms with Gasteiger partial charge in [0.1, 0.15) is 11.6 Å². The molecule has 0 saturated carbocycles. The van der Waals surface area contributed by atoms with Crippen LogP contribution in [0.2, 0.25) is 0 Å². The van der Waals surface area contributed by atoms with E-state index in [1.54, 1.807) is 133 Å². The van der Waals surface area contributed by atoms with E-state index in [4.69, 9.17) is 0 Å². The van der Waals surface area contributed by atoms with E-state index >= 15 is 9.59 Å². The van der Waals surface area contributed by atoms with Crippen LogP contribution < -0.4 is 9.80 Å². The number of hydrogen-bond acceptors (Lipinski definition) is 8. The summed E-state index contributed by atoms with van der Waals surface area (Å²) >= 11 is 0. The molecule has 8 amide bonds. The zero-order valence-electron chi connectivity index (χ0n) is 51.0. The summed E-state index contributed by atoms with van der Waals surface area (Å²) in [6.07, 6.45) is 6.57. The van der Waals surface area contributed by atoms with Gasteiger partial charge in [-0.25, -0.2) is 18.6 Å². The minimum absolute atomic E-state index is 0.136. The van der Waals surface area contributed by atoms with Gasteiger partial charge in [-0.1, -0.05) is 137 Å². The largest absolute Gasteiger partial charge is 0.274 e. The van der Waals surface area contributed by atoms with Gasteiger partial charge >= 0.3 is 0 Å². The normalized spacial score (nSPS) is 14.1. The Morgan fingerprint density at radius 3 is 1.01 bits per heavy atom. The summed E-state index contributed by atoms with van der Waals surface area (Å²) in [5, 5.41) is 4.06. The van der Waals surface area contributed by atoms with Crippen LogP contribution in [0, 0.1) is 35.3 Å². The van der Waals surface area contributed by atoms with Crippen LogP contribution in [0.4, 0.5) is 20.2 Å². The molecule has 0 saturated heterocycles.